The van der Waals surface area contributed by atoms with E-state index in [1.165, 1.54) is 0 Å². The van der Waals surface area contributed by atoms with Gasteiger partial charge in [0, 0.05) is 38.1 Å². The van der Waals surface area contributed by atoms with Gasteiger partial charge in [0.15, 0.2) is 0 Å². The molecular weight excluding hydrogens is 414 g/mol. The highest BCUT2D eigenvalue weighted by Crippen LogP contribution is 2.33. The molecule has 0 saturated carbocycles. The van der Waals surface area contributed by atoms with Gasteiger partial charge in [0.25, 0.3) is 5.91 Å². The van der Waals surface area contributed by atoms with E-state index in [0.29, 0.717) is 24.5 Å². The van der Waals surface area contributed by atoms with E-state index in [4.69, 9.17) is 0 Å². The Morgan fingerprint density at radius 1 is 0.879 bits per heavy atom. The number of hydrogen-bond donors (Lipinski definition) is 2. The third kappa shape index (κ3) is 6.87. The molecule has 0 radical (unpaired) electrons. The number of aryl methyl sites for hydroxylation is 1. The minimum atomic E-state index is -0.186. The van der Waals surface area contributed by atoms with Crippen LogP contribution in [-0.4, -0.2) is 35.4 Å². The van der Waals surface area contributed by atoms with Crippen molar-refractivity contribution in [3.05, 3.63) is 78.1 Å². The molecule has 0 bridgehead atoms. The maximum absolute atomic E-state index is 12.5. The van der Waals surface area contributed by atoms with Crippen molar-refractivity contribution in [3.8, 4) is 0 Å². The maximum atomic E-state index is 12.5. The number of carbonyl (C=O) groups excluding carboxylic acids is 2. The average molecular weight is 446 g/mol. The molecule has 0 saturated heterocycles. The summed E-state index contributed by atoms with van der Waals surface area (Å²) in [5.41, 5.74) is 3.45. The molecule has 2 amide bonds. The number of anilines is 3. The normalized spacial score (nSPS) is 10.5. The van der Waals surface area contributed by atoms with Crippen molar-refractivity contribution in [3.63, 3.8) is 0 Å². The second-order valence-corrected chi connectivity index (χ2v) is 7.82. The Morgan fingerprint density at radius 3 is 2.24 bits per heavy atom. The summed E-state index contributed by atoms with van der Waals surface area (Å²) >= 11 is 0. The molecular formula is C26H31N5O2. The van der Waals surface area contributed by atoms with Crippen LogP contribution in [0, 0.1) is 6.92 Å². The topological polar surface area (TPSA) is 87.2 Å². The molecule has 2 aromatic carbocycles. The number of hydrogen-bond acceptors (Lipinski definition) is 5. The van der Waals surface area contributed by atoms with Gasteiger partial charge in [0.2, 0.25) is 11.9 Å². The highest BCUT2D eigenvalue weighted by atomic mass is 16.2. The van der Waals surface area contributed by atoms with Gasteiger partial charge in [-0.2, -0.15) is 0 Å². The van der Waals surface area contributed by atoms with Crippen LogP contribution in [0.1, 0.15) is 48.0 Å². The number of aromatic nitrogens is 2. The van der Waals surface area contributed by atoms with Gasteiger partial charge in [-0.05, 0) is 43.5 Å². The predicted molar refractivity (Wildman–Crippen MR) is 131 cm³/mol. The molecule has 1 heterocycles. The number of rotatable bonds is 11. The van der Waals surface area contributed by atoms with Crippen molar-refractivity contribution >= 4 is 29.1 Å². The van der Waals surface area contributed by atoms with Gasteiger partial charge in [0.05, 0.1) is 11.3 Å². The van der Waals surface area contributed by atoms with E-state index in [1.54, 1.807) is 19.4 Å². The summed E-state index contributed by atoms with van der Waals surface area (Å²) < 4.78 is 0. The first-order chi connectivity index (χ1) is 16.1. The Hall–Kier alpha value is -3.74. The van der Waals surface area contributed by atoms with Crippen molar-refractivity contribution in [2.75, 3.05) is 18.5 Å². The lowest BCUT2D eigenvalue weighted by Crippen LogP contribution is -2.25. The third-order valence-corrected chi connectivity index (χ3v) is 5.37. The fraction of sp³-hybridized carbons (Fsp3) is 0.308. The first-order valence-electron chi connectivity index (χ1n) is 11.3. The smallest absolute Gasteiger partial charge is 0.254 e. The molecule has 0 aliphatic carbocycles. The van der Waals surface area contributed by atoms with Gasteiger partial charge < -0.3 is 10.6 Å². The molecule has 0 fully saturated rings. The summed E-state index contributed by atoms with van der Waals surface area (Å²) in [4.78, 5) is 34.7. The Balaban J connectivity index is 1.60. The van der Waals surface area contributed by atoms with E-state index in [2.05, 4.69) is 20.6 Å². The summed E-state index contributed by atoms with van der Waals surface area (Å²) in [7, 11) is 1.65. The second kappa shape index (κ2) is 12.3. The van der Waals surface area contributed by atoms with Crippen LogP contribution in [-0.2, 0) is 4.79 Å². The lowest BCUT2D eigenvalue weighted by Gasteiger charge is -2.24. The van der Waals surface area contributed by atoms with Crippen molar-refractivity contribution in [2.24, 2.45) is 0 Å². The molecule has 2 N–H and O–H groups in total. The highest BCUT2D eigenvalue weighted by molar-refractivity contribution is 5.93. The highest BCUT2D eigenvalue weighted by Gasteiger charge is 2.17. The Morgan fingerprint density at radius 2 is 1.55 bits per heavy atom. The van der Waals surface area contributed by atoms with Gasteiger partial charge in [-0.3, -0.25) is 14.5 Å². The molecule has 3 aromatic rings. The van der Waals surface area contributed by atoms with Gasteiger partial charge in [-0.1, -0.05) is 49.2 Å². The van der Waals surface area contributed by atoms with Gasteiger partial charge in [-0.15, -0.1) is 0 Å². The summed E-state index contributed by atoms with van der Waals surface area (Å²) in [6.07, 6.45) is 7.35. The molecule has 7 nitrogen and oxygen atoms in total. The fourth-order valence-electron chi connectivity index (χ4n) is 3.50. The molecule has 3 rings (SSSR count). The first-order valence-corrected chi connectivity index (χ1v) is 11.3. The minimum absolute atomic E-state index is 0.0694. The van der Waals surface area contributed by atoms with Crippen molar-refractivity contribution in [1.82, 2.24) is 20.6 Å². The molecule has 0 atom stereocenters. The van der Waals surface area contributed by atoms with Crippen LogP contribution in [0.3, 0.4) is 0 Å². The molecule has 172 valence electrons. The first kappa shape index (κ1) is 23.9. The van der Waals surface area contributed by atoms with Crippen molar-refractivity contribution in [1.29, 1.82) is 0 Å². The van der Waals surface area contributed by atoms with E-state index in [0.717, 1.165) is 42.6 Å². The average Bonchev–Trinajstić information content (AvgIpc) is 2.85. The number of carbonyl (C=O) groups is 2. The van der Waals surface area contributed by atoms with E-state index in [1.807, 2.05) is 66.4 Å². The van der Waals surface area contributed by atoms with Gasteiger partial charge >= 0.3 is 0 Å². The number of benzene rings is 2. The standard InChI is InChI=1S/C26H31N5O2/c1-20-12-9-10-15-23(20)31(22-13-6-5-7-14-22)26-29-18-21(19-30-26)25(33)28-17-11-4-3-8-16-24(32)27-2/h5-7,9-10,12-15,18-19H,3-4,8,11,16-17H2,1-2H3,(H,27,32)(H,28,33). The van der Waals surface area contributed by atoms with Gasteiger partial charge in [-0.25, -0.2) is 9.97 Å². The predicted octanol–water partition coefficient (Wildman–Crippen LogP) is 4.68. The largest absolute Gasteiger partial charge is 0.359 e. The zero-order chi connectivity index (χ0) is 23.5. The van der Waals surface area contributed by atoms with Crippen LogP contribution < -0.4 is 15.5 Å². The van der Waals surface area contributed by atoms with Crippen LogP contribution in [0.25, 0.3) is 0 Å². The third-order valence-electron chi connectivity index (χ3n) is 5.37. The number of nitrogens with zero attached hydrogens (tertiary/aromatic N) is 3. The quantitative estimate of drug-likeness (QED) is 0.419. The Labute approximate surface area is 195 Å². The SMILES string of the molecule is CNC(=O)CCCCCCNC(=O)c1cnc(N(c2ccccc2)c2ccccc2C)nc1. The second-order valence-electron chi connectivity index (χ2n) is 7.82. The molecule has 7 heteroatoms. The number of para-hydroxylation sites is 2. The molecule has 0 unspecified atom stereocenters. The molecule has 0 aliphatic heterocycles. The molecule has 33 heavy (non-hydrogen) atoms. The summed E-state index contributed by atoms with van der Waals surface area (Å²) in [5, 5.41) is 5.54. The number of amides is 2. The van der Waals surface area contributed by atoms with E-state index < -0.39 is 0 Å². The zero-order valence-electron chi connectivity index (χ0n) is 19.3. The number of unbranched alkanes of at least 4 members (excludes halogenated alkanes) is 3. The maximum Gasteiger partial charge on any atom is 0.254 e. The minimum Gasteiger partial charge on any atom is -0.359 e. The number of nitrogens with one attached hydrogen (secondary N) is 2. The monoisotopic (exact) mass is 445 g/mol. The molecule has 0 aliphatic rings. The van der Waals surface area contributed by atoms with Crippen LogP contribution >= 0.6 is 0 Å². The zero-order valence-corrected chi connectivity index (χ0v) is 19.3. The van der Waals surface area contributed by atoms with Crippen LogP contribution in [0.2, 0.25) is 0 Å². The molecule has 1 aromatic heterocycles. The lowest BCUT2D eigenvalue weighted by molar-refractivity contribution is -0.120. The Kier molecular flexibility index (Phi) is 8.94. The van der Waals surface area contributed by atoms with Crippen LogP contribution in [0.5, 0.6) is 0 Å². The van der Waals surface area contributed by atoms with E-state index in [-0.39, 0.29) is 11.8 Å². The van der Waals surface area contributed by atoms with Crippen LogP contribution in [0.4, 0.5) is 17.3 Å². The Bertz CT molecular complexity index is 1040. The van der Waals surface area contributed by atoms with E-state index >= 15 is 0 Å². The van der Waals surface area contributed by atoms with Crippen molar-refractivity contribution < 1.29 is 9.59 Å². The van der Waals surface area contributed by atoms with E-state index in [9.17, 15) is 9.59 Å². The van der Waals surface area contributed by atoms with Crippen LogP contribution in [0.15, 0.2) is 67.0 Å². The van der Waals surface area contributed by atoms with Crippen molar-refractivity contribution in [2.45, 2.75) is 39.0 Å². The summed E-state index contributed by atoms with van der Waals surface area (Å²) in [5.74, 6) is 0.386. The fourth-order valence-corrected chi connectivity index (χ4v) is 3.50. The summed E-state index contributed by atoms with van der Waals surface area (Å²) in [6, 6.07) is 18.0. The lowest BCUT2D eigenvalue weighted by atomic mass is 10.1. The molecule has 0 spiro atoms. The summed E-state index contributed by atoms with van der Waals surface area (Å²) in [6.45, 7) is 2.63. The van der Waals surface area contributed by atoms with Gasteiger partial charge in [0.1, 0.15) is 0 Å².